The molecule has 2 heterocycles. The quantitative estimate of drug-likeness (QED) is 0.465. The molecule has 0 N–H and O–H groups in total. The van der Waals surface area contributed by atoms with Crippen LogP contribution < -0.4 is 9.64 Å². The monoisotopic (exact) mass is 408 g/mol. The smallest absolute Gasteiger partial charge is 0.345 e. The van der Waals surface area contributed by atoms with Crippen LogP contribution in [0.25, 0.3) is 10.2 Å². The van der Waals surface area contributed by atoms with Gasteiger partial charge >= 0.3 is 5.97 Å². The third-order valence-corrected chi connectivity index (χ3v) is 5.62. The molecule has 26 heavy (non-hydrogen) atoms. The number of halogens is 2. The van der Waals surface area contributed by atoms with Crippen LogP contribution in [0, 0.1) is 0 Å². The van der Waals surface area contributed by atoms with Gasteiger partial charge in [0, 0.05) is 24.2 Å². The molecule has 0 aliphatic carbocycles. The Bertz CT molecular complexity index is 970. The Hall–Kier alpha value is -1.86. The Balaban J connectivity index is 1.56. The second-order valence-corrected chi connectivity index (χ2v) is 7.59. The average molecular weight is 409 g/mol. The van der Waals surface area contributed by atoms with Crippen LogP contribution in [0.4, 0.5) is 5.13 Å². The van der Waals surface area contributed by atoms with Crippen molar-refractivity contribution in [3.63, 3.8) is 0 Å². The highest BCUT2D eigenvalue weighted by Crippen LogP contribution is 2.32. The van der Waals surface area contributed by atoms with Crippen molar-refractivity contribution in [3.05, 3.63) is 52.0 Å². The second-order valence-electron chi connectivity index (χ2n) is 5.74. The number of morpholine rings is 1. The summed E-state index contributed by atoms with van der Waals surface area (Å²) in [4.78, 5) is 19.2. The van der Waals surface area contributed by atoms with E-state index in [2.05, 4.69) is 9.88 Å². The Morgan fingerprint density at radius 1 is 1.15 bits per heavy atom. The Morgan fingerprint density at radius 3 is 2.73 bits per heavy atom. The highest BCUT2D eigenvalue weighted by atomic mass is 35.5. The molecule has 134 valence electrons. The second kappa shape index (κ2) is 7.40. The summed E-state index contributed by atoms with van der Waals surface area (Å²) in [7, 11) is 0. The van der Waals surface area contributed by atoms with Crippen molar-refractivity contribution < 1.29 is 14.3 Å². The molecule has 0 unspecified atom stereocenters. The predicted molar refractivity (Wildman–Crippen MR) is 104 cm³/mol. The summed E-state index contributed by atoms with van der Waals surface area (Å²) in [5.74, 6) is -0.0744. The SMILES string of the molecule is O=C(Oc1ccc2nc(N3CCOCC3)sc2c1)c1ccc(Cl)cc1Cl. The molecular weight excluding hydrogens is 395 g/mol. The van der Waals surface area contributed by atoms with Gasteiger partial charge in [-0.15, -0.1) is 0 Å². The Labute approximate surface area is 164 Å². The van der Waals surface area contributed by atoms with E-state index in [0.717, 1.165) is 28.4 Å². The van der Waals surface area contributed by atoms with E-state index in [1.807, 2.05) is 12.1 Å². The Kier molecular flexibility index (Phi) is 5.00. The average Bonchev–Trinajstić information content (AvgIpc) is 3.05. The van der Waals surface area contributed by atoms with Gasteiger partial charge in [0.15, 0.2) is 5.13 Å². The summed E-state index contributed by atoms with van der Waals surface area (Å²) < 4.78 is 11.8. The first-order valence-corrected chi connectivity index (χ1v) is 9.58. The first-order chi connectivity index (χ1) is 12.6. The molecule has 2 aromatic carbocycles. The molecule has 0 amide bonds. The number of nitrogens with zero attached hydrogens (tertiary/aromatic N) is 2. The number of benzene rings is 2. The maximum atomic E-state index is 12.4. The largest absolute Gasteiger partial charge is 0.423 e. The molecule has 1 fully saturated rings. The molecule has 3 aromatic rings. The number of hydrogen-bond donors (Lipinski definition) is 0. The van der Waals surface area contributed by atoms with Crippen molar-refractivity contribution in [2.45, 2.75) is 0 Å². The van der Waals surface area contributed by atoms with Gasteiger partial charge in [0.25, 0.3) is 0 Å². The maximum absolute atomic E-state index is 12.4. The normalized spacial score (nSPS) is 14.6. The highest BCUT2D eigenvalue weighted by Gasteiger charge is 2.17. The van der Waals surface area contributed by atoms with Gasteiger partial charge in [-0.05, 0) is 30.3 Å². The minimum Gasteiger partial charge on any atom is -0.423 e. The lowest BCUT2D eigenvalue weighted by Gasteiger charge is -2.25. The van der Waals surface area contributed by atoms with Gasteiger partial charge in [0.1, 0.15) is 5.75 Å². The fourth-order valence-electron chi connectivity index (χ4n) is 2.66. The summed E-state index contributed by atoms with van der Waals surface area (Å²) >= 11 is 13.5. The van der Waals surface area contributed by atoms with Crippen LogP contribution in [0.5, 0.6) is 5.75 Å². The summed E-state index contributed by atoms with van der Waals surface area (Å²) in [6.07, 6.45) is 0. The number of ether oxygens (including phenoxy) is 2. The van der Waals surface area contributed by atoms with Gasteiger partial charge in [0.2, 0.25) is 0 Å². The first-order valence-electron chi connectivity index (χ1n) is 8.01. The predicted octanol–water partition coefficient (Wildman–Crippen LogP) is 4.66. The topological polar surface area (TPSA) is 51.7 Å². The van der Waals surface area contributed by atoms with Crippen LogP contribution in [0.1, 0.15) is 10.4 Å². The maximum Gasteiger partial charge on any atom is 0.345 e. The number of carbonyl (C=O) groups excluding carboxylic acids is 1. The summed E-state index contributed by atoms with van der Waals surface area (Å²) in [6.45, 7) is 3.08. The molecule has 8 heteroatoms. The van der Waals surface area contributed by atoms with Crippen LogP contribution in [-0.4, -0.2) is 37.3 Å². The lowest BCUT2D eigenvalue weighted by molar-refractivity contribution is 0.0735. The number of rotatable bonds is 3. The van der Waals surface area contributed by atoms with E-state index in [1.165, 1.54) is 6.07 Å². The van der Waals surface area contributed by atoms with E-state index >= 15 is 0 Å². The summed E-state index contributed by atoms with van der Waals surface area (Å²) in [5.41, 5.74) is 1.15. The lowest BCUT2D eigenvalue weighted by Crippen LogP contribution is -2.36. The third kappa shape index (κ3) is 3.64. The molecule has 1 aromatic heterocycles. The molecule has 4 rings (SSSR count). The van der Waals surface area contributed by atoms with Gasteiger partial charge in [-0.3, -0.25) is 0 Å². The van der Waals surface area contributed by atoms with E-state index in [1.54, 1.807) is 29.5 Å². The summed E-state index contributed by atoms with van der Waals surface area (Å²) in [5, 5.41) is 1.68. The fraction of sp³-hybridized carbons (Fsp3) is 0.222. The van der Waals surface area contributed by atoms with Crippen LogP contribution >= 0.6 is 34.5 Å². The number of anilines is 1. The van der Waals surface area contributed by atoms with E-state index in [-0.39, 0.29) is 10.6 Å². The van der Waals surface area contributed by atoms with Gasteiger partial charge in [-0.2, -0.15) is 0 Å². The van der Waals surface area contributed by atoms with E-state index in [9.17, 15) is 4.79 Å². The van der Waals surface area contributed by atoms with E-state index < -0.39 is 5.97 Å². The first kappa shape index (κ1) is 17.5. The van der Waals surface area contributed by atoms with Gasteiger partial charge in [-0.1, -0.05) is 34.5 Å². The van der Waals surface area contributed by atoms with Crippen molar-refractivity contribution in [1.82, 2.24) is 4.98 Å². The zero-order valence-electron chi connectivity index (χ0n) is 13.6. The molecule has 1 saturated heterocycles. The van der Waals surface area contributed by atoms with E-state index in [0.29, 0.717) is 24.0 Å². The number of carbonyl (C=O) groups is 1. The van der Waals surface area contributed by atoms with Crippen LogP contribution in [0.3, 0.4) is 0 Å². The number of aromatic nitrogens is 1. The third-order valence-electron chi connectivity index (χ3n) is 3.99. The van der Waals surface area contributed by atoms with Gasteiger partial charge in [0.05, 0.1) is 34.0 Å². The fourth-order valence-corrected chi connectivity index (χ4v) is 4.19. The minimum absolute atomic E-state index is 0.260. The van der Waals surface area contributed by atoms with Crippen LogP contribution in [0.15, 0.2) is 36.4 Å². The molecule has 0 spiro atoms. The van der Waals surface area contributed by atoms with Crippen LogP contribution in [-0.2, 0) is 4.74 Å². The number of esters is 1. The minimum atomic E-state index is -0.524. The zero-order chi connectivity index (χ0) is 18.1. The molecule has 0 atom stereocenters. The molecular formula is C18H14Cl2N2O3S. The van der Waals surface area contributed by atoms with Crippen LogP contribution in [0.2, 0.25) is 10.0 Å². The lowest BCUT2D eigenvalue weighted by atomic mass is 10.2. The standard InChI is InChI=1S/C18H14Cl2N2O3S/c19-11-1-3-13(14(20)9-11)17(23)25-12-2-4-15-16(10-12)26-18(21-15)22-5-7-24-8-6-22/h1-4,9-10H,5-8H2. The highest BCUT2D eigenvalue weighted by molar-refractivity contribution is 7.22. The number of thiazole rings is 1. The number of fused-ring (bicyclic) bond motifs is 1. The molecule has 5 nitrogen and oxygen atoms in total. The molecule has 0 bridgehead atoms. The summed E-state index contributed by atoms with van der Waals surface area (Å²) in [6, 6.07) is 10.1. The van der Waals surface area contributed by atoms with Crippen molar-refractivity contribution in [1.29, 1.82) is 0 Å². The molecule has 1 aliphatic rings. The van der Waals surface area contributed by atoms with Crippen molar-refractivity contribution in [2.24, 2.45) is 0 Å². The van der Waals surface area contributed by atoms with Crippen molar-refractivity contribution in [3.8, 4) is 5.75 Å². The van der Waals surface area contributed by atoms with Gasteiger partial charge in [-0.25, -0.2) is 9.78 Å². The van der Waals surface area contributed by atoms with E-state index in [4.69, 9.17) is 32.7 Å². The van der Waals surface area contributed by atoms with Crippen molar-refractivity contribution >= 4 is 55.9 Å². The molecule has 0 radical (unpaired) electrons. The molecule has 1 aliphatic heterocycles. The molecule has 0 saturated carbocycles. The zero-order valence-corrected chi connectivity index (χ0v) is 15.9. The van der Waals surface area contributed by atoms with Crippen molar-refractivity contribution in [2.75, 3.05) is 31.2 Å². The Morgan fingerprint density at radius 2 is 1.96 bits per heavy atom. The number of hydrogen-bond acceptors (Lipinski definition) is 6. The van der Waals surface area contributed by atoms with Gasteiger partial charge < -0.3 is 14.4 Å².